The van der Waals surface area contributed by atoms with E-state index >= 15 is 0 Å². The summed E-state index contributed by atoms with van der Waals surface area (Å²) in [5, 5.41) is 4.92. The molecular weight excluding hydrogens is 326 g/mol. The van der Waals surface area contributed by atoms with E-state index in [0.717, 1.165) is 59.4 Å². The number of benzene rings is 1. The molecule has 0 N–H and O–H groups in total. The first kappa shape index (κ1) is 16.8. The minimum absolute atomic E-state index is 0.0402. The van der Waals surface area contributed by atoms with E-state index in [-0.39, 0.29) is 11.9 Å². The Labute approximate surface area is 153 Å². The molecule has 5 nitrogen and oxygen atoms in total. The fourth-order valence-corrected chi connectivity index (χ4v) is 3.80. The van der Waals surface area contributed by atoms with Gasteiger partial charge in [0.05, 0.1) is 22.8 Å². The van der Waals surface area contributed by atoms with E-state index < -0.39 is 0 Å². The molecule has 26 heavy (non-hydrogen) atoms. The van der Waals surface area contributed by atoms with E-state index in [1.807, 2.05) is 36.9 Å². The lowest BCUT2D eigenvalue weighted by Crippen LogP contribution is -2.30. The SMILES string of the molecule is CCc1ccc2nc(C)cc(C(=O)N3CCC[C@@H]3c3cc(C)no3)c2c1. The van der Waals surface area contributed by atoms with Gasteiger partial charge < -0.3 is 9.42 Å². The van der Waals surface area contributed by atoms with E-state index in [2.05, 4.69) is 29.2 Å². The Morgan fingerprint density at radius 1 is 1.23 bits per heavy atom. The Balaban J connectivity index is 1.77. The molecule has 1 aromatic carbocycles. The fraction of sp³-hybridized carbons (Fsp3) is 0.381. The van der Waals surface area contributed by atoms with Crippen LogP contribution in [0.1, 0.15) is 58.9 Å². The molecule has 3 aromatic rings. The summed E-state index contributed by atoms with van der Waals surface area (Å²) in [7, 11) is 0. The molecule has 1 aliphatic heterocycles. The Morgan fingerprint density at radius 3 is 2.81 bits per heavy atom. The van der Waals surface area contributed by atoms with Crippen molar-refractivity contribution in [3.63, 3.8) is 0 Å². The van der Waals surface area contributed by atoms with Gasteiger partial charge in [0.25, 0.3) is 5.91 Å². The average Bonchev–Trinajstić information content (AvgIpc) is 3.28. The highest BCUT2D eigenvalue weighted by Crippen LogP contribution is 2.34. The lowest BCUT2D eigenvalue weighted by atomic mass is 10.0. The van der Waals surface area contributed by atoms with Gasteiger partial charge in [-0.15, -0.1) is 0 Å². The molecule has 0 bridgehead atoms. The van der Waals surface area contributed by atoms with Crippen molar-refractivity contribution in [2.45, 2.75) is 46.1 Å². The number of hydrogen-bond acceptors (Lipinski definition) is 4. The van der Waals surface area contributed by atoms with Crippen molar-refractivity contribution >= 4 is 16.8 Å². The number of amides is 1. The summed E-state index contributed by atoms with van der Waals surface area (Å²) in [6, 6.07) is 9.99. The van der Waals surface area contributed by atoms with E-state index in [9.17, 15) is 4.79 Å². The van der Waals surface area contributed by atoms with Crippen LogP contribution in [-0.4, -0.2) is 27.5 Å². The standard InChI is InChI=1S/C21H23N3O2/c1-4-15-7-8-18-16(12-15)17(10-13(2)22-18)21(25)24-9-5-6-19(24)20-11-14(3)23-26-20/h7-8,10-12,19H,4-6,9H2,1-3H3/t19-/m1/s1. The van der Waals surface area contributed by atoms with Gasteiger partial charge in [0.15, 0.2) is 5.76 Å². The number of aryl methyl sites for hydroxylation is 3. The zero-order valence-electron chi connectivity index (χ0n) is 15.5. The second-order valence-corrected chi connectivity index (χ2v) is 7.04. The van der Waals surface area contributed by atoms with Crippen molar-refractivity contribution in [1.82, 2.24) is 15.0 Å². The quantitative estimate of drug-likeness (QED) is 0.704. The number of pyridine rings is 1. The normalized spacial score (nSPS) is 17.2. The summed E-state index contributed by atoms with van der Waals surface area (Å²) in [5.41, 5.74) is 4.51. The first-order chi connectivity index (χ1) is 12.6. The number of carbonyl (C=O) groups is 1. The van der Waals surface area contributed by atoms with Crippen molar-refractivity contribution < 1.29 is 9.32 Å². The van der Waals surface area contributed by atoms with Crippen molar-refractivity contribution in [2.24, 2.45) is 0 Å². The molecule has 0 aliphatic carbocycles. The van der Waals surface area contributed by atoms with Crippen LogP contribution in [0.4, 0.5) is 0 Å². The summed E-state index contributed by atoms with van der Waals surface area (Å²) in [6.07, 6.45) is 2.81. The smallest absolute Gasteiger partial charge is 0.255 e. The lowest BCUT2D eigenvalue weighted by Gasteiger charge is -2.23. The second-order valence-electron chi connectivity index (χ2n) is 7.04. The number of likely N-dealkylation sites (tertiary alicyclic amines) is 1. The molecular formula is C21H23N3O2. The van der Waals surface area contributed by atoms with E-state index in [0.29, 0.717) is 0 Å². The second kappa shape index (κ2) is 6.56. The van der Waals surface area contributed by atoms with Crippen LogP contribution < -0.4 is 0 Å². The number of carbonyl (C=O) groups excluding carboxylic acids is 1. The molecule has 5 heteroatoms. The van der Waals surface area contributed by atoms with Gasteiger partial charge in [-0.2, -0.15) is 0 Å². The van der Waals surface area contributed by atoms with Crippen molar-refractivity contribution in [3.05, 3.63) is 58.6 Å². The maximum absolute atomic E-state index is 13.4. The van der Waals surface area contributed by atoms with E-state index in [4.69, 9.17) is 4.52 Å². The van der Waals surface area contributed by atoms with Crippen molar-refractivity contribution in [2.75, 3.05) is 6.54 Å². The number of rotatable bonds is 3. The molecule has 3 heterocycles. The fourth-order valence-electron chi connectivity index (χ4n) is 3.80. The largest absolute Gasteiger partial charge is 0.359 e. The van der Waals surface area contributed by atoms with Gasteiger partial charge in [-0.25, -0.2) is 0 Å². The molecule has 0 spiro atoms. The van der Waals surface area contributed by atoms with Crippen LogP contribution in [0, 0.1) is 13.8 Å². The van der Waals surface area contributed by atoms with Gasteiger partial charge in [0.2, 0.25) is 0 Å². The zero-order valence-corrected chi connectivity index (χ0v) is 15.5. The Kier molecular flexibility index (Phi) is 4.23. The van der Waals surface area contributed by atoms with Crippen LogP contribution in [0.25, 0.3) is 10.9 Å². The highest BCUT2D eigenvalue weighted by molar-refractivity contribution is 6.06. The summed E-state index contributed by atoms with van der Waals surface area (Å²) < 4.78 is 5.46. The monoisotopic (exact) mass is 349 g/mol. The minimum Gasteiger partial charge on any atom is -0.359 e. The molecule has 1 amide bonds. The van der Waals surface area contributed by atoms with Crippen LogP contribution in [0.2, 0.25) is 0 Å². The van der Waals surface area contributed by atoms with Gasteiger partial charge in [0.1, 0.15) is 0 Å². The van der Waals surface area contributed by atoms with Crippen LogP contribution in [0.5, 0.6) is 0 Å². The zero-order chi connectivity index (χ0) is 18.3. The Morgan fingerprint density at radius 2 is 2.08 bits per heavy atom. The van der Waals surface area contributed by atoms with Crippen molar-refractivity contribution in [1.29, 1.82) is 0 Å². The summed E-state index contributed by atoms with van der Waals surface area (Å²) >= 11 is 0. The summed E-state index contributed by atoms with van der Waals surface area (Å²) in [4.78, 5) is 20.0. The first-order valence-corrected chi connectivity index (χ1v) is 9.21. The van der Waals surface area contributed by atoms with Gasteiger partial charge in [-0.05, 0) is 56.9 Å². The lowest BCUT2D eigenvalue weighted by molar-refractivity contribution is 0.0716. The van der Waals surface area contributed by atoms with Gasteiger partial charge in [0, 0.05) is 23.7 Å². The van der Waals surface area contributed by atoms with Crippen LogP contribution in [0.15, 0.2) is 34.9 Å². The molecule has 0 unspecified atom stereocenters. The third-order valence-electron chi connectivity index (χ3n) is 5.13. The van der Waals surface area contributed by atoms with E-state index in [1.165, 1.54) is 5.56 Å². The maximum Gasteiger partial charge on any atom is 0.255 e. The molecule has 1 aliphatic rings. The predicted molar refractivity (Wildman–Crippen MR) is 100 cm³/mol. The van der Waals surface area contributed by atoms with Crippen LogP contribution in [0.3, 0.4) is 0 Å². The van der Waals surface area contributed by atoms with E-state index in [1.54, 1.807) is 0 Å². The predicted octanol–water partition coefficient (Wildman–Crippen LogP) is 4.38. The summed E-state index contributed by atoms with van der Waals surface area (Å²) in [6.45, 7) is 6.69. The van der Waals surface area contributed by atoms with Crippen LogP contribution >= 0.6 is 0 Å². The molecule has 1 fully saturated rings. The molecule has 2 aromatic heterocycles. The topological polar surface area (TPSA) is 59.2 Å². The van der Waals surface area contributed by atoms with Gasteiger partial charge in [-0.1, -0.05) is 18.1 Å². The average molecular weight is 349 g/mol. The Hall–Kier alpha value is -2.69. The number of aromatic nitrogens is 2. The molecule has 4 rings (SSSR count). The number of hydrogen-bond donors (Lipinski definition) is 0. The summed E-state index contributed by atoms with van der Waals surface area (Å²) in [5.74, 6) is 0.822. The highest BCUT2D eigenvalue weighted by atomic mass is 16.5. The molecule has 0 radical (unpaired) electrons. The van der Waals surface area contributed by atoms with Crippen molar-refractivity contribution in [3.8, 4) is 0 Å². The molecule has 1 saturated heterocycles. The molecule has 0 saturated carbocycles. The third-order valence-corrected chi connectivity index (χ3v) is 5.13. The minimum atomic E-state index is -0.0402. The first-order valence-electron chi connectivity index (χ1n) is 9.21. The third kappa shape index (κ3) is 2.87. The van der Waals surface area contributed by atoms with Crippen LogP contribution in [-0.2, 0) is 6.42 Å². The van der Waals surface area contributed by atoms with Gasteiger partial charge in [-0.3, -0.25) is 9.78 Å². The highest BCUT2D eigenvalue weighted by Gasteiger charge is 2.34. The molecule has 134 valence electrons. The maximum atomic E-state index is 13.4. The number of fused-ring (bicyclic) bond motifs is 1. The number of nitrogens with zero attached hydrogens (tertiary/aromatic N) is 3. The van der Waals surface area contributed by atoms with Gasteiger partial charge >= 0.3 is 0 Å². The molecule has 1 atom stereocenters. The Bertz CT molecular complexity index is 977.